The molecule has 0 unspecified atom stereocenters. The van der Waals surface area contributed by atoms with E-state index in [1.165, 1.54) is 30.6 Å². The van der Waals surface area contributed by atoms with Crippen LogP contribution < -0.4 is 14.4 Å². The topological polar surface area (TPSA) is 101 Å². The van der Waals surface area contributed by atoms with E-state index in [4.69, 9.17) is 4.74 Å². The Labute approximate surface area is 195 Å². The summed E-state index contributed by atoms with van der Waals surface area (Å²) >= 11 is 1.21. The number of sulfonamides is 1. The molecule has 1 N–H and O–H groups in total. The summed E-state index contributed by atoms with van der Waals surface area (Å²) in [6, 6.07) is 23.9. The number of carbonyl (C=O) groups is 1. The van der Waals surface area contributed by atoms with Gasteiger partial charge in [0.1, 0.15) is 17.3 Å². The maximum atomic E-state index is 13.4. The Hall–Kier alpha value is -3.76. The number of ether oxygens (including phenoxy) is 1. The van der Waals surface area contributed by atoms with Gasteiger partial charge in [0, 0.05) is 5.56 Å². The van der Waals surface area contributed by atoms with Crippen LogP contribution in [0.15, 0.2) is 89.8 Å². The minimum Gasteiger partial charge on any atom is -0.497 e. The Morgan fingerprint density at radius 2 is 1.58 bits per heavy atom. The van der Waals surface area contributed by atoms with Crippen molar-refractivity contribution >= 4 is 38.1 Å². The third-order valence-corrected chi connectivity index (χ3v) is 7.35. The molecule has 0 spiro atoms. The number of amides is 1. The fourth-order valence-corrected chi connectivity index (χ4v) is 5.25. The zero-order valence-corrected chi connectivity index (χ0v) is 19.2. The zero-order chi connectivity index (χ0) is 23.3. The molecule has 33 heavy (non-hydrogen) atoms. The number of hydrogen-bond acceptors (Lipinski definition) is 7. The highest BCUT2D eigenvalue weighted by Gasteiger charge is 2.27. The minimum atomic E-state index is -4.00. The van der Waals surface area contributed by atoms with Gasteiger partial charge in [-0.15, -0.1) is 10.2 Å². The molecule has 168 valence electrons. The van der Waals surface area contributed by atoms with E-state index in [-0.39, 0.29) is 10.0 Å². The first-order valence-corrected chi connectivity index (χ1v) is 12.1. The molecule has 1 heterocycles. The lowest BCUT2D eigenvalue weighted by atomic mass is 10.2. The standard InChI is InChI=1S/C23H20N4O4S2/c1-31-19-14-12-18(13-15-19)27(33(29,30)20-10-6-3-7-11-20)16-21(28)24-23-26-25-22(32-23)17-8-4-2-5-9-17/h2-15H,16H2,1H3,(H,24,26,28). The summed E-state index contributed by atoms with van der Waals surface area (Å²) in [7, 11) is -2.48. The number of carbonyl (C=O) groups excluding carboxylic acids is 1. The summed E-state index contributed by atoms with van der Waals surface area (Å²) in [6.07, 6.45) is 0. The van der Waals surface area contributed by atoms with Crippen molar-refractivity contribution in [2.75, 3.05) is 23.3 Å². The van der Waals surface area contributed by atoms with Crippen molar-refractivity contribution in [3.05, 3.63) is 84.9 Å². The molecule has 3 aromatic carbocycles. The first kappa shape index (κ1) is 22.4. The number of anilines is 2. The van der Waals surface area contributed by atoms with Crippen molar-refractivity contribution in [1.29, 1.82) is 0 Å². The summed E-state index contributed by atoms with van der Waals surface area (Å²) < 4.78 is 32.9. The molecule has 0 aliphatic rings. The summed E-state index contributed by atoms with van der Waals surface area (Å²) in [5, 5.41) is 11.7. The molecule has 1 aromatic heterocycles. The van der Waals surface area contributed by atoms with Crippen LogP contribution in [-0.2, 0) is 14.8 Å². The van der Waals surface area contributed by atoms with Gasteiger partial charge in [0.05, 0.1) is 17.7 Å². The number of benzene rings is 3. The van der Waals surface area contributed by atoms with Gasteiger partial charge >= 0.3 is 0 Å². The number of nitrogens with zero attached hydrogens (tertiary/aromatic N) is 3. The summed E-state index contributed by atoms with van der Waals surface area (Å²) in [4.78, 5) is 12.9. The largest absolute Gasteiger partial charge is 0.497 e. The van der Waals surface area contributed by atoms with E-state index < -0.39 is 22.5 Å². The second-order valence-electron chi connectivity index (χ2n) is 6.85. The van der Waals surface area contributed by atoms with Gasteiger partial charge in [-0.2, -0.15) is 0 Å². The van der Waals surface area contributed by atoms with Crippen LogP contribution in [0.4, 0.5) is 10.8 Å². The van der Waals surface area contributed by atoms with E-state index in [2.05, 4.69) is 15.5 Å². The monoisotopic (exact) mass is 480 g/mol. The maximum absolute atomic E-state index is 13.4. The molecule has 0 bridgehead atoms. The second-order valence-corrected chi connectivity index (χ2v) is 9.69. The number of aromatic nitrogens is 2. The quantitative estimate of drug-likeness (QED) is 0.408. The van der Waals surface area contributed by atoms with Crippen LogP contribution in [0, 0.1) is 0 Å². The van der Waals surface area contributed by atoms with Crippen LogP contribution in [0.1, 0.15) is 0 Å². The zero-order valence-electron chi connectivity index (χ0n) is 17.6. The third kappa shape index (κ3) is 5.18. The predicted molar refractivity (Wildman–Crippen MR) is 128 cm³/mol. The maximum Gasteiger partial charge on any atom is 0.264 e. The third-order valence-electron chi connectivity index (χ3n) is 4.67. The molecule has 8 nitrogen and oxygen atoms in total. The molecule has 4 aromatic rings. The Morgan fingerprint density at radius 3 is 2.21 bits per heavy atom. The van der Waals surface area contributed by atoms with Crippen molar-refractivity contribution in [3.63, 3.8) is 0 Å². The fraction of sp³-hybridized carbons (Fsp3) is 0.0870. The molecule has 0 radical (unpaired) electrons. The molecular formula is C23H20N4O4S2. The Morgan fingerprint density at radius 1 is 0.939 bits per heavy atom. The van der Waals surface area contributed by atoms with E-state index in [1.807, 2.05) is 30.3 Å². The molecule has 0 saturated heterocycles. The van der Waals surface area contributed by atoms with Crippen molar-refractivity contribution in [1.82, 2.24) is 10.2 Å². The molecule has 0 atom stereocenters. The molecule has 0 fully saturated rings. The highest BCUT2D eigenvalue weighted by molar-refractivity contribution is 7.92. The van der Waals surface area contributed by atoms with Crippen LogP contribution in [0.5, 0.6) is 5.75 Å². The van der Waals surface area contributed by atoms with Gasteiger partial charge in [-0.1, -0.05) is 59.9 Å². The van der Waals surface area contributed by atoms with E-state index in [1.54, 1.807) is 42.5 Å². The van der Waals surface area contributed by atoms with Crippen LogP contribution in [0.25, 0.3) is 10.6 Å². The van der Waals surface area contributed by atoms with E-state index >= 15 is 0 Å². The van der Waals surface area contributed by atoms with Crippen LogP contribution in [0.3, 0.4) is 0 Å². The number of rotatable bonds is 8. The lowest BCUT2D eigenvalue weighted by Gasteiger charge is -2.24. The van der Waals surface area contributed by atoms with Gasteiger partial charge < -0.3 is 4.74 Å². The number of hydrogen-bond donors (Lipinski definition) is 1. The molecule has 0 aliphatic carbocycles. The highest BCUT2D eigenvalue weighted by Crippen LogP contribution is 2.28. The molecule has 1 amide bonds. The average Bonchev–Trinajstić information content (AvgIpc) is 3.32. The summed E-state index contributed by atoms with van der Waals surface area (Å²) in [5.41, 5.74) is 1.21. The second kappa shape index (κ2) is 9.80. The first-order valence-electron chi connectivity index (χ1n) is 9.88. The van der Waals surface area contributed by atoms with E-state index in [9.17, 15) is 13.2 Å². The number of nitrogens with one attached hydrogen (secondary N) is 1. The summed E-state index contributed by atoms with van der Waals surface area (Å²) in [6.45, 7) is -0.441. The SMILES string of the molecule is COc1ccc(N(CC(=O)Nc2nnc(-c3ccccc3)s2)S(=O)(=O)c2ccccc2)cc1. The van der Waals surface area contributed by atoms with Crippen LogP contribution in [-0.4, -0.2) is 38.2 Å². The fourth-order valence-electron chi connectivity index (χ4n) is 3.04. The summed E-state index contributed by atoms with van der Waals surface area (Å²) in [5.74, 6) is 0.0312. The molecule has 0 aliphatic heterocycles. The highest BCUT2D eigenvalue weighted by atomic mass is 32.2. The lowest BCUT2D eigenvalue weighted by Crippen LogP contribution is -2.38. The predicted octanol–water partition coefficient (Wildman–Crippen LogP) is 4.05. The molecule has 10 heteroatoms. The van der Waals surface area contributed by atoms with Crippen molar-refractivity contribution < 1.29 is 17.9 Å². The smallest absolute Gasteiger partial charge is 0.264 e. The molecule has 0 saturated carbocycles. The van der Waals surface area contributed by atoms with Crippen molar-refractivity contribution in [2.45, 2.75) is 4.90 Å². The van der Waals surface area contributed by atoms with E-state index in [0.29, 0.717) is 16.4 Å². The van der Waals surface area contributed by atoms with Gasteiger partial charge in [-0.25, -0.2) is 8.42 Å². The van der Waals surface area contributed by atoms with Crippen LogP contribution in [0.2, 0.25) is 0 Å². The lowest BCUT2D eigenvalue weighted by molar-refractivity contribution is -0.114. The number of methoxy groups -OCH3 is 1. The minimum absolute atomic E-state index is 0.0795. The first-order chi connectivity index (χ1) is 16.0. The van der Waals surface area contributed by atoms with Crippen molar-refractivity contribution in [3.8, 4) is 16.3 Å². The van der Waals surface area contributed by atoms with Crippen LogP contribution >= 0.6 is 11.3 Å². The van der Waals surface area contributed by atoms with Gasteiger partial charge in [0.25, 0.3) is 10.0 Å². The molecule has 4 rings (SSSR count). The van der Waals surface area contributed by atoms with Crippen molar-refractivity contribution in [2.24, 2.45) is 0 Å². The Balaban J connectivity index is 1.58. The Bertz CT molecular complexity index is 1330. The van der Waals surface area contributed by atoms with Gasteiger partial charge in [-0.05, 0) is 36.4 Å². The Kier molecular flexibility index (Phi) is 6.66. The average molecular weight is 481 g/mol. The van der Waals surface area contributed by atoms with E-state index in [0.717, 1.165) is 9.87 Å². The van der Waals surface area contributed by atoms with Gasteiger partial charge in [0.15, 0.2) is 0 Å². The molecular weight excluding hydrogens is 460 g/mol. The normalized spacial score (nSPS) is 11.1. The van der Waals surface area contributed by atoms with Gasteiger partial charge in [0.2, 0.25) is 11.0 Å². The van der Waals surface area contributed by atoms with Gasteiger partial charge in [-0.3, -0.25) is 14.4 Å².